The highest BCUT2D eigenvalue weighted by molar-refractivity contribution is 7.00. The van der Waals surface area contributed by atoms with Crippen LogP contribution in [0, 0.1) is 6.92 Å². The van der Waals surface area contributed by atoms with Crippen molar-refractivity contribution in [3.8, 4) is 11.1 Å². The van der Waals surface area contributed by atoms with Gasteiger partial charge in [-0.15, -0.1) is 0 Å². The largest absolute Gasteiger partial charge is 0.468 e. The summed E-state index contributed by atoms with van der Waals surface area (Å²) in [5, 5.41) is 1.22. The molecule has 66 heavy (non-hydrogen) atoms. The van der Waals surface area contributed by atoms with E-state index in [0.29, 0.717) is 0 Å². The minimum absolute atomic E-state index is 0.0501. The van der Waals surface area contributed by atoms with Crippen molar-refractivity contribution in [1.29, 1.82) is 0 Å². The zero-order valence-electron chi connectivity index (χ0n) is 42.0. The first-order chi connectivity index (χ1) is 31.0. The molecular formula is C62H67BN2O. The molecule has 0 spiro atoms. The Kier molecular flexibility index (Phi) is 8.35. The fourth-order valence-electron chi connectivity index (χ4n) is 13.3. The highest BCUT2D eigenvalue weighted by Crippen LogP contribution is 2.57. The number of hydrogen-bond acceptors (Lipinski definition) is 3. The van der Waals surface area contributed by atoms with Gasteiger partial charge in [0.1, 0.15) is 5.58 Å². The summed E-state index contributed by atoms with van der Waals surface area (Å²) in [5.41, 5.74) is 26.0. The van der Waals surface area contributed by atoms with Crippen molar-refractivity contribution in [3.05, 3.63) is 148 Å². The lowest BCUT2D eigenvalue weighted by atomic mass is 9.35. The molecule has 0 radical (unpaired) electrons. The molecule has 0 saturated carbocycles. The van der Waals surface area contributed by atoms with Gasteiger partial charge >= 0.3 is 0 Å². The third-order valence-corrected chi connectivity index (χ3v) is 17.6. The van der Waals surface area contributed by atoms with E-state index in [-0.39, 0.29) is 39.2 Å². The number of fused-ring (bicyclic) bond motifs is 11. The van der Waals surface area contributed by atoms with Crippen LogP contribution in [0.2, 0.25) is 0 Å². The van der Waals surface area contributed by atoms with Gasteiger partial charge in [0.25, 0.3) is 6.71 Å². The van der Waals surface area contributed by atoms with Gasteiger partial charge in [-0.1, -0.05) is 145 Å². The van der Waals surface area contributed by atoms with Crippen molar-refractivity contribution in [2.24, 2.45) is 0 Å². The van der Waals surface area contributed by atoms with Crippen LogP contribution < -0.4 is 26.4 Å². The van der Waals surface area contributed by atoms with Gasteiger partial charge in [-0.2, -0.15) is 0 Å². The number of rotatable bonds is 2. The Labute approximate surface area is 394 Å². The third-order valence-electron chi connectivity index (χ3n) is 17.6. The zero-order chi connectivity index (χ0) is 46.4. The van der Waals surface area contributed by atoms with E-state index < -0.39 is 0 Å². The quantitative estimate of drug-likeness (QED) is 0.161. The van der Waals surface area contributed by atoms with Crippen LogP contribution in [0.1, 0.15) is 160 Å². The molecule has 0 bridgehead atoms. The summed E-state index contributed by atoms with van der Waals surface area (Å²) in [7, 11) is 0. The molecule has 3 heterocycles. The molecule has 0 fully saturated rings. The van der Waals surface area contributed by atoms with E-state index in [1.54, 1.807) is 0 Å². The molecular weight excluding hydrogens is 800 g/mol. The number of nitrogens with zero attached hydrogens (tertiary/aromatic N) is 2. The maximum absolute atomic E-state index is 7.65. The average Bonchev–Trinajstić information content (AvgIpc) is 3.74. The first-order valence-corrected chi connectivity index (χ1v) is 24.9. The number of anilines is 6. The Balaban J connectivity index is 1.21. The average molecular weight is 867 g/mol. The molecule has 3 nitrogen and oxygen atoms in total. The smallest absolute Gasteiger partial charge is 0.297 e. The fraction of sp³-hybridized carbons (Fsp3) is 0.387. The lowest BCUT2D eigenvalue weighted by Gasteiger charge is -2.45. The standard InChI is InChI=1S/C62H67BN2O/c1-36-30-50-54-51(31-36)65(49-21-17-20-43-53(49)39-18-15-16-19-41(39)62(43,13)14)48-25-22-37(57(2,3)4)32-47(48)63(54)56-55(40-34-45-46(35-52(40)66-56)61(11,12)29-28-60(45,9)10)64(50)38-23-24-42-44(33-38)59(7,8)27-26-58(42,5)6/h15-25,30-35H,26-29H2,1-14H3. The van der Waals surface area contributed by atoms with Gasteiger partial charge < -0.3 is 14.2 Å². The van der Waals surface area contributed by atoms with E-state index in [0.717, 1.165) is 24.1 Å². The number of aryl methyl sites for hydroxylation is 1. The van der Waals surface area contributed by atoms with E-state index in [1.807, 2.05) is 0 Å². The van der Waals surface area contributed by atoms with E-state index in [4.69, 9.17) is 4.42 Å². The normalized spacial score (nSPS) is 19.6. The molecule has 334 valence electrons. The summed E-state index contributed by atoms with van der Waals surface area (Å²) in [6, 6.07) is 40.9. The van der Waals surface area contributed by atoms with Gasteiger partial charge in [-0.05, 0) is 169 Å². The maximum Gasteiger partial charge on any atom is 0.297 e. The molecule has 4 heteroatoms. The lowest BCUT2D eigenvalue weighted by Crippen LogP contribution is -2.61. The topological polar surface area (TPSA) is 19.6 Å². The van der Waals surface area contributed by atoms with Crippen molar-refractivity contribution in [3.63, 3.8) is 0 Å². The van der Waals surface area contributed by atoms with Crippen LogP contribution in [0.25, 0.3) is 22.1 Å². The summed E-state index contributed by atoms with van der Waals surface area (Å²) in [4.78, 5) is 5.27. The van der Waals surface area contributed by atoms with Crippen molar-refractivity contribution in [2.75, 3.05) is 9.80 Å². The Hall–Kier alpha value is -5.48. The molecule has 6 aromatic carbocycles. The first kappa shape index (κ1) is 41.9. The number of furan rings is 1. The predicted molar refractivity (Wildman–Crippen MR) is 282 cm³/mol. The molecule has 5 aliphatic rings. The summed E-state index contributed by atoms with van der Waals surface area (Å²) in [5.74, 6) is 0. The van der Waals surface area contributed by atoms with E-state index >= 15 is 0 Å². The summed E-state index contributed by atoms with van der Waals surface area (Å²) < 4.78 is 7.65. The molecule has 0 saturated heterocycles. The van der Waals surface area contributed by atoms with Crippen LogP contribution in [-0.2, 0) is 32.5 Å². The van der Waals surface area contributed by atoms with Gasteiger partial charge in [0.05, 0.1) is 17.0 Å². The van der Waals surface area contributed by atoms with Crippen LogP contribution in [0.5, 0.6) is 0 Å². The second kappa shape index (κ2) is 13.1. The van der Waals surface area contributed by atoms with Crippen LogP contribution in [0.15, 0.2) is 108 Å². The van der Waals surface area contributed by atoms with Crippen molar-refractivity contribution in [2.45, 2.75) is 155 Å². The molecule has 0 amide bonds. The molecule has 1 aromatic heterocycles. The summed E-state index contributed by atoms with van der Waals surface area (Å²) in [6.45, 7) is 33.6. The molecule has 0 N–H and O–H groups in total. The van der Waals surface area contributed by atoms with Gasteiger partial charge in [0, 0.05) is 39.1 Å². The minimum atomic E-state index is -0.123. The fourth-order valence-corrected chi connectivity index (χ4v) is 13.3. The molecule has 0 atom stereocenters. The van der Waals surface area contributed by atoms with Crippen LogP contribution in [-0.4, -0.2) is 6.71 Å². The van der Waals surface area contributed by atoms with E-state index in [9.17, 15) is 0 Å². The predicted octanol–water partition coefficient (Wildman–Crippen LogP) is 15.1. The van der Waals surface area contributed by atoms with Crippen molar-refractivity contribution in [1.82, 2.24) is 0 Å². The third kappa shape index (κ3) is 5.63. The van der Waals surface area contributed by atoms with Crippen LogP contribution >= 0.6 is 0 Å². The Bertz CT molecular complexity index is 3260. The highest BCUT2D eigenvalue weighted by atomic mass is 16.3. The molecule has 3 aliphatic carbocycles. The first-order valence-electron chi connectivity index (χ1n) is 24.9. The molecule has 12 rings (SSSR count). The number of hydrogen-bond donors (Lipinski definition) is 0. The maximum atomic E-state index is 7.65. The molecule has 0 unspecified atom stereocenters. The molecule has 2 aliphatic heterocycles. The van der Waals surface area contributed by atoms with Gasteiger partial charge in [-0.25, -0.2) is 0 Å². The van der Waals surface area contributed by atoms with Crippen molar-refractivity contribution >= 4 is 68.4 Å². The summed E-state index contributed by atoms with van der Waals surface area (Å²) >= 11 is 0. The van der Waals surface area contributed by atoms with E-state index in [2.05, 4.69) is 210 Å². The second-order valence-electron chi connectivity index (χ2n) is 25.2. The highest BCUT2D eigenvalue weighted by Gasteiger charge is 2.50. The molecule has 7 aromatic rings. The minimum Gasteiger partial charge on any atom is -0.468 e. The van der Waals surface area contributed by atoms with Gasteiger partial charge in [0.15, 0.2) is 0 Å². The Morgan fingerprint density at radius 2 is 1.14 bits per heavy atom. The monoisotopic (exact) mass is 867 g/mol. The van der Waals surface area contributed by atoms with E-state index in [1.165, 1.54) is 119 Å². The van der Waals surface area contributed by atoms with Crippen LogP contribution in [0.4, 0.5) is 34.1 Å². The zero-order valence-corrected chi connectivity index (χ0v) is 42.0. The Morgan fingerprint density at radius 3 is 1.82 bits per heavy atom. The van der Waals surface area contributed by atoms with Crippen molar-refractivity contribution < 1.29 is 4.42 Å². The van der Waals surface area contributed by atoms with Gasteiger partial charge in [0.2, 0.25) is 0 Å². The Morgan fingerprint density at radius 1 is 0.530 bits per heavy atom. The lowest BCUT2D eigenvalue weighted by molar-refractivity contribution is 0.332. The SMILES string of the molecule is Cc1cc2c3c(c1)N(c1ccc4c(c1)C(C)(C)CCC4(C)C)c1c(oc4cc5c(cc14)C(C)(C)CCC5(C)C)B3c1cc(C(C)(C)C)ccc1N2c1cccc2c1-c1ccccc1C2(C)C. The second-order valence-corrected chi connectivity index (χ2v) is 25.2. The summed E-state index contributed by atoms with van der Waals surface area (Å²) in [6.07, 6.45) is 4.67. The van der Waals surface area contributed by atoms with Crippen LogP contribution in [0.3, 0.4) is 0 Å². The number of benzene rings is 6. The van der Waals surface area contributed by atoms with Gasteiger partial charge in [-0.3, -0.25) is 0 Å².